The van der Waals surface area contributed by atoms with Gasteiger partial charge in [-0.1, -0.05) is 166 Å². The van der Waals surface area contributed by atoms with Gasteiger partial charge in [0.05, 0.1) is 5.69 Å². The number of rotatable bonds is 6. The minimum atomic E-state index is -0.106. The predicted molar refractivity (Wildman–Crippen MR) is 258 cm³/mol. The first-order chi connectivity index (χ1) is 30.5. The number of hydrogen-bond donors (Lipinski definition) is 0. The minimum Gasteiger partial charge on any atom is -0.310 e. The van der Waals surface area contributed by atoms with Crippen LogP contribution in [0.4, 0.5) is 17.1 Å². The lowest BCUT2D eigenvalue weighted by molar-refractivity contribution is -0.0399. The Morgan fingerprint density at radius 1 is 0.371 bits per heavy atom. The molecule has 1 nitrogen and oxygen atoms in total. The molecule has 8 aromatic carbocycles. The molecule has 0 amide bonds. The molecule has 6 aliphatic rings. The summed E-state index contributed by atoms with van der Waals surface area (Å²) in [5.41, 5.74) is 22.6. The van der Waals surface area contributed by atoms with Crippen LogP contribution in [0.3, 0.4) is 0 Å². The van der Waals surface area contributed by atoms with E-state index in [0.29, 0.717) is 0 Å². The molecule has 14 rings (SSSR count). The van der Waals surface area contributed by atoms with Gasteiger partial charge in [0.25, 0.3) is 0 Å². The zero-order chi connectivity index (χ0) is 41.2. The summed E-state index contributed by atoms with van der Waals surface area (Å²) in [6.45, 7) is 4.76. The quantitative estimate of drug-likeness (QED) is 0.162. The number of anilines is 3. The van der Waals surface area contributed by atoms with Gasteiger partial charge in [0, 0.05) is 27.8 Å². The van der Waals surface area contributed by atoms with Crippen molar-refractivity contribution in [3.05, 3.63) is 210 Å². The van der Waals surface area contributed by atoms with Crippen LogP contribution in [-0.4, -0.2) is 0 Å². The van der Waals surface area contributed by atoms with Crippen LogP contribution in [0.15, 0.2) is 188 Å². The van der Waals surface area contributed by atoms with E-state index < -0.39 is 0 Å². The zero-order valence-corrected chi connectivity index (χ0v) is 35.7. The monoisotopic (exact) mass is 797 g/mol. The standard InChI is InChI=1S/C61H51N/c1-60(2)54-20-11-10-19-51(54)59-57(60)22-13-23-58(59)62(47-27-24-42(25-28-47)41-14-5-3-6-15-41)48-29-30-49(52(38-48)43-16-7-4-8-17-43)44-26-31-56-53(37-44)50-18-9-12-21-55(50)61(56)45-33-39-32-40(35-45)36-46(61)34-39/h3-31,37-40,45-46H,32-36H2,1-2H3. The van der Waals surface area contributed by atoms with Gasteiger partial charge in [0.1, 0.15) is 0 Å². The average Bonchev–Trinajstić information content (AvgIpc) is 3.74. The van der Waals surface area contributed by atoms with Gasteiger partial charge in [0.15, 0.2) is 0 Å². The summed E-state index contributed by atoms with van der Waals surface area (Å²) < 4.78 is 0. The SMILES string of the molecule is CC1(C)c2ccccc2-c2c(N(c3ccc(-c4ccccc4)cc3)c3ccc(-c4ccc5c(c4)-c4ccccc4C54C5CC6CC(C5)CC4C6)c(-c4ccccc4)c3)cccc21. The maximum atomic E-state index is 2.57. The Hall–Kier alpha value is -6.44. The van der Waals surface area contributed by atoms with Crippen LogP contribution < -0.4 is 4.90 Å². The van der Waals surface area contributed by atoms with Crippen LogP contribution in [0.25, 0.3) is 55.6 Å². The Bertz CT molecular complexity index is 3020. The summed E-state index contributed by atoms with van der Waals surface area (Å²) >= 11 is 0. The van der Waals surface area contributed by atoms with Crippen LogP contribution in [0.1, 0.15) is 68.2 Å². The summed E-state index contributed by atoms with van der Waals surface area (Å²) in [6, 6.07) is 71.3. The van der Waals surface area contributed by atoms with Gasteiger partial charge in [-0.3, -0.25) is 0 Å². The maximum Gasteiger partial charge on any atom is 0.0543 e. The molecular weight excluding hydrogens is 747 g/mol. The van der Waals surface area contributed by atoms with Crippen molar-refractivity contribution in [1.29, 1.82) is 0 Å². The van der Waals surface area contributed by atoms with E-state index in [-0.39, 0.29) is 10.8 Å². The normalized spacial score (nSPS) is 22.9. The smallest absolute Gasteiger partial charge is 0.0543 e. The molecule has 4 saturated carbocycles. The first-order valence-electron chi connectivity index (χ1n) is 23.1. The molecule has 8 aromatic rings. The molecule has 4 bridgehead atoms. The lowest BCUT2D eigenvalue weighted by atomic mass is 9.43. The van der Waals surface area contributed by atoms with Gasteiger partial charge in [-0.15, -0.1) is 0 Å². The second-order valence-corrected chi connectivity index (χ2v) is 19.7. The molecular formula is C61H51N. The highest BCUT2D eigenvalue weighted by molar-refractivity contribution is 5.97. The van der Waals surface area contributed by atoms with Crippen LogP contribution in [-0.2, 0) is 10.8 Å². The summed E-state index contributed by atoms with van der Waals surface area (Å²) in [6.07, 6.45) is 7.09. The molecule has 0 heterocycles. The van der Waals surface area contributed by atoms with Gasteiger partial charge in [-0.05, 0) is 164 Å². The van der Waals surface area contributed by atoms with Crippen molar-refractivity contribution in [2.24, 2.45) is 23.7 Å². The highest BCUT2D eigenvalue weighted by atomic mass is 15.1. The van der Waals surface area contributed by atoms with Crippen LogP contribution in [0.2, 0.25) is 0 Å². The number of nitrogens with zero attached hydrogens (tertiary/aromatic N) is 1. The number of hydrogen-bond acceptors (Lipinski definition) is 1. The molecule has 0 N–H and O–H groups in total. The maximum absolute atomic E-state index is 2.57. The van der Waals surface area contributed by atoms with E-state index >= 15 is 0 Å². The fraction of sp³-hybridized carbons (Fsp3) is 0.213. The van der Waals surface area contributed by atoms with Gasteiger partial charge < -0.3 is 4.90 Å². The summed E-state index contributed by atoms with van der Waals surface area (Å²) in [7, 11) is 0. The van der Waals surface area contributed by atoms with E-state index in [1.54, 1.807) is 11.1 Å². The number of fused-ring (bicyclic) bond motifs is 6. The Kier molecular flexibility index (Phi) is 7.91. The van der Waals surface area contributed by atoms with Gasteiger partial charge in [-0.2, -0.15) is 0 Å². The van der Waals surface area contributed by atoms with Crippen molar-refractivity contribution in [1.82, 2.24) is 0 Å². The predicted octanol–water partition coefficient (Wildman–Crippen LogP) is 16.2. The Labute approximate surface area is 366 Å². The van der Waals surface area contributed by atoms with Crippen molar-refractivity contribution in [3.63, 3.8) is 0 Å². The number of benzene rings is 8. The zero-order valence-electron chi connectivity index (χ0n) is 35.7. The third-order valence-corrected chi connectivity index (χ3v) is 16.3. The van der Waals surface area contributed by atoms with E-state index in [1.165, 1.54) is 105 Å². The van der Waals surface area contributed by atoms with Crippen molar-refractivity contribution in [3.8, 4) is 55.6 Å². The topological polar surface area (TPSA) is 3.24 Å². The third-order valence-electron chi connectivity index (χ3n) is 16.3. The highest BCUT2D eigenvalue weighted by Crippen LogP contribution is 2.69. The molecule has 1 heteroatoms. The molecule has 6 aliphatic carbocycles. The molecule has 62 heavy (non-hydrogen) atoms. The fourth-order valence-corrected chi connectivity index (χ4v) is 13.9. The Morgan fingerprint density at radius 2 is 0.935 bits per heavy atom. The van der Waals surface area contributed by atoms with E-state index in [2.05, 4.69) is 207 Å². The first-order valence-corrected chi connectivity index (χ1v) is 23.1. The van der Waals surface area contributed by atoms with Crippen LogP contribution >= 0.6 is 0 Å². The summed E-state index contributed by atoms with van der Waals surface area (Å²) in [5, 5.41) is 0. The van der Waals surface area contributed by atoms with E-state index in [9.17, 15) is 0 Å². The summed E-state index contributed by atoms with van der Waals surface area (Å²) in [4.78, 5) is 2.51. The van der Waals surface area contributed by atoms with Gasteiger partial charge in [-0.25, -0.2) is 0 Å². The summed E-state index contributed by atoms with van der Waals surface area (Å²) in [5.74, 6) is 3.39. The van der Waals surface area contributed by atoms with Crippen molar-refractivity contribution < 1.29 is 0 Å². The van der Waals surface area contributed by atoms with E-state index in [0.717, 1.165) is 35.0 Å². The second kappa shape index (κ2) is 13.5. The Balaban J connectivity index is 0.997. The van der Waals surface area contributed by atoms with Crippen molar-refractivity contribution in [2.75, 3.05) is 4.90 Å². The van der Waals surface area contributed by atoms with Crippen LogP contribution in [0.5, 0.6) is 0 Å². The molecule has 1 spiro atoms. The average molecular weight is 798 g/mol. The van der Waals surface area contributed by atoms with Gasteiger partial charge in [0.2, 0.25) is 0 Å². The first kappa shape index (κ1) is 36.2. The van der Waals surface area contributed by atoms with Gasteiger partial charge >= 0.3 is 0 Å². The molecule has 0 saturated heterocycles. The highest BCUT2D eigenvalue weighted by Gasteiger charge is 2.61. The third kappa shape index (κ3) is 5.15. The molecule has 4 fully saturated rings. The minimum absolute atomic E-state index is 0.106. The van der Waals surface area contributed by atoms with Crippen molar-refractivity contribution in [2.45, 2.75) is 56.8 Å². The van der Waals surface area contributed by atoms with Crippen LogP contribution in [0, 0.1) is 23.7 Å². The fourth-order valence-electron chi connectivity index (χ4n) is 13.9. The molecule has 300 valence electrons. The molecule has 0 aromatic heterocycles. The van der Waals surface area contributed by atoms with E-state index in [4.69, 9.17) is 0 Å². The molecule has 0 atom stereocenters. The second-order valence-electron chi connectivity index (χ2n) is 19.7. The molecule has 0 radical (unpaired) electrons. The lowest BCUT2D eigenvalue weighted by Gasteiger charge is -2.61. The van der Waals surface area contributed by atoms with E-state index in [1.807, 2.05) is 0 Å². The Morgan fingerprint density at radius 3 is 1.66 bits per heavy atom. The molecule has 0 aliphatic heterocycles. The molecule has 0 unspecified atom stereocenters. The lowest BCUT2D eigenvalue weighted by Crippen LogP contribution is -2.55. The van der Waals surface area contributed by atoms with Crippen molar-refractivity contribution >= 4 is 17.1 Å². The largest absolute Gasteiger partial charge is 0.310 e.